The number of hydrogen-bond acceptors (Lipinski definition) is 2. The Labute approximate surface area is 402 Å². The third-order valence-electron chi connectivity index (χ3n) is 14.2. The molecule has 11 aromatic carbocycles. The zero-order chi connectivity index (χ0) is 45.7. The van der Waals surface area contributed by atoms with Crippen molar-refractivity contribution in [1.29, 1.82) is 0 Å². The van der Waals surface area contributed by atoms with E-state index in [1.807, 2.05) is 12.1 Å². The van der Waals surface area contributed by atoms with Gasteiger partial charge in [0.05, 0.1) is 5.41 Å². The van der Waals surface area contributed by atoms with Gasteiger partial charge in [0.1, 0.15) is 11.2 Å². The van der Waals surface area contributed by atoms with Gasteiger partial charge in [-0.1, -0.05) is 218 Å². The summed E-state index contributed by atoms with van der Waals surface area (Å²) < 4.78 is 6.22. The molecule has 12 aromatic rings. The fourth-order valence-corrected chi connectivity index (χ4v) is 11.0. The Balaban J connectivity index is 0.939. The van der Waals surface area contributed by atoms with Crippen molar-refractivity contribution in [3.63, 3.8) is 0 Å². The van der Waals surface area contributed by atoms with Gasteiger partial charge >= 0.3 is 0 Å². The van der Waals surface area contributed by atoms with E-state index in [9.17, 15) is 0 Å². The van der Waals surface area contributed by atoms with E-state index < -0.39 is 5.41 Å². The normalized spacial score (nSPS) is 12.5. The van der Waals surface area contributed by atoms with E-state index in [1.54, 1.807) is 0 Å². The van der Waals surface area contributed by atoms with Crippen LogP contribution in [0.5, 0.6) is 0 Å². The molecule has 2 heteroatoms. The predicted octanol–water partition coefficient (Wildman–Crippen LogP) is 18.1. The smallest absolute Gasteiger partial charge is 0.135 e. The van der Waals surface area contributed by atoms with E-state index in [4.69, 9.17) is 4.42 Å². The van der Waals surface area contributed by atoms with E-state index in [-0.39, 0.29) is 0 Å². The quantitative estimate of drug-likeness (QED) is 0.144. The first-order valence-corrected chi connectivity index (χ1v) is 23.7. The summed E-state index contributed by atoms with van der Waals surface area (Å²) in [6.07, 6.45) is 0. The number of para-hydroxylation sites is 1. The third-order valence-corrected chi connectivity index (χ3v) is 14.2. The lowest BCUT2D eigenvalue weighted by atomic mass is 9.67. The molecule has 0 N–H and O–H groups in total. The number of nitrogens with zero attached hydrogens (tertiary/aromatic N) is 1. The highest BCUT2D eigenvalue weighted by atomic mass is 16.3. The van der Waals surface area contributed by atoms with Gasteiger partial charge in [0.2, 0.25) is 0 Å². The van der Waals surface area contributed by atoms with Gasteiger partial charge in [-0.15, -0.1) is 0 Å². The second-order valence-corrected chi connectivity index (χ2v) is 18.0. The molecule has 0 fully saturated rings. The van der Waals surface area contributed by atoms with Gasteiger partial charge in [-0.2, -0.15) is 0 Å². The van der Waals surface area contributed by atoms with Crippen LogP contribution in [0, 0.1) is 0 Å². The Morgan fingerprint density at radius 3 is 1.43 bits per heavy atom. The summed E-state index contributed by atoms with van der Waals surface area (Å²) in [6, 6.07) is 99.3. The van der Waals surface area contributed by atoms with E-state index >= 15 is 0 Å². The zero-order valence-electron chi connectivity index (χ0n) is 37.8. The maximum atomic E-state index is 6.22. The van der Waals surface area contributed by atoms with Crippen LogP contribution in [-0.4, -0.2) is 0 Å². The number of hydrogen-bond donors (Lipinski definition) is 0. The van der Waals surface area contributed by atoms with Gasteiger partial charge in [-0.25, -0.2) is 0 Å². The molecule has 1 aromatic heterocycles. The summed E-state index contributed by atoms with van der Waals surface area (Å²) in [4.78, 5) is 2.39. The molecule has 13 rings (SSSR count). The largest absolute Gasteiger partial charge is 0.456 e. The monoisotopic (exact) mass is 879 g/mol. The molecular weight excluding hydrogens is 835 g/mol. The summed E-state index contributed by atoms with van der Waals surface area (Å²) in [6.45, 7) is 0. The van der Waals surface area contributed by atoms with Crippen molar-refractivity contribution in [2.45, 2.75) is 5.41 Å². The van der Waals surface area contributed by atoms with Crippen LogP contribution in [0.2, 0.25) is 0 Å². The van der Waals surface area contributed by atoms with Crippen LogP contribution >= 0.6 is 0 Å². The van der Waals surface area contributed by atoms with Gasteiger partial charge in [-0.3, -0.25) is 0 Å². The van der Waals surface area contributed by atoms with Crippen LogP contribution in [0.25, 0.3) is 77.6 Å². The molecule has 0 saturated carbocycles. The first-order valence-electron chi connectivity index (χ1n) is 23.7. The maximum Gasteiger partial charge on any atom is 0.135 e. The first-order chi connectivity index (χ1) is 34.2. The minimum Gasteiger partial charge on any atom is -0.456 e. The highest BCUT2D eigenvalue weighted by Crippen LogP contribution is 2.58. The molecule has 0 saturated heterocycles. The van der Waals surface area contributed by atoms with Crippen LogP contribution in [0.1, 0.15) is 22.3 Å². The molecule has 1 heterocycles. The van der Waals surface area contributed by atoms with E-state index in [2.05, 4.69) is 266 Å². The lowest BCUT2D eigenvalue weighted by Crippen LogP contribution is -2.28. The number of furan rings is 1. The minimum atomic E-state index is -0.464. The van der Waals surface area contributed by atoms with Crippen molar-refractivity contribution >= 4 is 39.0 Å². The first kappa shape index (κ1) is 40.3. The zero-order valence-corrected chi connectivity index (χ0v) is 37.8. The average Bonchev–Trinajstić information content (AvgIpc) is 3.96. The molecule has 324 valence electrons. The lowest BCUT2D eigenvalue weighted by Gasteiger charge is -2.34. The third kappa shape index (κ3) is 6.80. The molecule has 2 nitrogen and oxygen atoms in total. The number of fused-ring (bicyclic) bond motifs is 6. The fraction of sp³-hybridized carbons (Fsp3) is 0.0149. The van der Waals surface area contributed by atoms with Gasteiger partial charge in [0.15, 0.2) is 0 Å². The van der Waals surface area contributed by atoms with Crippen molar-refractivity contribution < 1.29 is 4.42 Å². The number of rotatable bonds is 9. The Morgan fingerprint density at radius 1 is 0.275 bits per heavy atom. The number of anilines is 3. The fourth-order valence-electron chi connectivity index (χ4n) is 11.0. The standard InChI is InChI=1S/C67H45NO/c1-4-17-46(18-5-1)47-33-35-48(36-34-47)50-19-14-25-56(43-50)68(57-26-15-20-51(44-57)52-39-42-65-61(45-52)59-27-11-13-32-64(59)69-65)55-40-37-49(38-41-55)58-29-16-31-63-66(58)60-28-10-12-30-62(60)67(63,53-21-6-2-7-22-53)54-23-8-3-9-24-54/h1-45H. The van der Waals surface area contributed by atoms with Crippen molar-refractivity contribution in [3.8, 4) is 55.6 Å². The molecule has 0 bridgehead atoms. The summed E-state index contributed by atoms with van der Waals surface area (Å²) in [5.74, 6) is 0. The molecule has 0 spiro atoms. The van der Waals surface area contributed by atoms with E-state index in [1.165, 1.54) is 61.2 Å². The maximum absolute atomic E-state index is 6.22. The molecule has 0 aliphatic heterocycles. The summed E-state index contributed by atoms with van der Waals surface area (Å²) in [5.41, 5.74) is 21.6. The lowest BCUT2D eigenvalue weighted by molar-refractivity contribution is 0.669. The van der Waals surface area contributed by atoms with Crippen molar-refractivity contribution in [2.75, 3.05) is 4.90 Å². The Kier molecular flexibility index (Phi) is 9.77. The van der Waals surface area contributed by atoms with Crippen molar-refractivity contribution in [3.05, 3.63) is 295 Å². The molecule has 1 aliphatic carbocycles. The van der Waals surface area contributed by atoms with Gasteiger partial charge in [0.25, 0.3) is 0 Å². The topological polar surface area (TPSA) is 16.4 Å². The summed E-state index contributed by atoms with van der Waals surface area (Å²) in [7, 11) is 0. The van der Waals surface area contributed by atoms with Crippen LogP contribution in [0.4, 0.5) is 17.1 Å². The van der Waals surface area contributed by atoms with Crippen LogP contribution in [-0.2, 0) is 5.41 Å². The highest BCUT2D eigenvalue weighted by Gasteiger charge is 2.46. The Hall–Kier alpha value is -8.98. The van der Waals surface area contributed by atoms with Crippen molar-refractivity contribution in [1.82, 2.24) is 0 Å². The second-order valence-electron chi connectivity index (χ2n) is 18.0. The summed E-state index contributed by atoms with van der Waals surface area (Å²) >= 11 is 0. The van der Waals surface area contributed by atoms with E-state index in [0.29, 0.717) is 0 Å². The van der Waals surface area contributed by atoms with Crippen LogP contribution in [0.3, 0.4) is 0 Å². The molecule has 1 aliphatic rings. The van der Waals surface area contributed by atoms with Gasteiger partial charge in [0, 0.05) is 27.8 Å². The minimum absolute atomic E-state index is 0.464. The molecular formula is C67H45NO. The van der Waals surface area contributed by atoms with E-state index in [0.717, 1.165) is 55.7 Å². The highest BCUT2D eigenvalue weighted by molar-refractivity contribution is 6.06. The molecule has 0 amide bonds. The molecule has 0 unspecified atom stereocenters. The molecule has 69 heavy (non-hydrogen) atoms. The van der Waals surface area contributed by atoms with Crippen molar-refractivity contribution in [2.24, 2.45) is 0 Å². The molecule has 0 radical (unpaired) electrons. The Morgan fingerprint density at radius 2 is 0.739 bits per heavy atom. The number of benzene rings is 11. The Bertz CT molecular complexity index is 3780. The van der Waals surface area contributed by atoms with Gasteiger partial charge < -0.3 is 9.32 Å². The van der Waals surface area contributed by atoms with Crippen LogP contribution in [0.15, 0.2) is 277 Å². The summed E-state index contributed by atoms with van der Waals surface area (Å²) in [5, 5.41) is 2.24. The van der Waals surface area contributed by atoms with Crippen LogP contribution < -0.4 is 4.90 Å². The molecule has 0 atom stereocenters. The predicted molar refractivity (Wildman–Crippen MR) is 287 cm³/mol. The van der Waals surface area contributed by atoms with Gasteiger partial charge in [-0.05, 0) is 132 Å². The SMILES string of the molecule is c1ccc(-c2ccc(-c3cccc(N(c4ccc(-c5cccc6c5-c5ccccc5C6(c5ccccc5)c5ccccc5)cc4)c4cccc(-c5ccc6oc7ccccc7c6c5)c4)c3)cc2)cc1. The average molecular weight is 880 g/mol. The second kappa shape index (κ2) is 16.7.